The molecule has 1 aliphatic heterocycles. The van der Waals surface area contributed by atoms with Gasteiger partial charge in [-0.15, -0.1) is 10.2 Å². The summed E-state index contributed by atoms with van der Waals surface area (Å²) >= 11 is 2.84. The zero-order valence-electron chi connectivity index (χ0n) is 19.1. The van der Waals surface area contributed by atoms with Gasteiger partial charge in [-0.3, -0.25) is 14.5 Å². The van der Waals surface area contributed by atoms with E-state index in [9.17, 15) is 9.59 Å². The van der Waals surface area contributed by atoms with Crippen molar-refractivity contribution in [1.29, 1.82) is 0 Å². The molecule has 34 heavy (non-hydrogen) atoms. The van der Waals surface area contributed by atoms with Crippen LogP contribution in [0, 0.1) is 0 Å². The van der Waals surface area contributed by atoms with Crippen LogP contribution in [0.4, 0.5) is 16.5 Å². The highest BCUT2D eigenvalue weighted by Crippen LogP contribution is 2.27. The second-order valence-electron chi connectivity index (χ2n) is 7.87. The number of nitrogens with one attached hydrogen (secondary N) is 2. The van der Waals surface area contributed by atoms with Gasteiger partial charge >= 0.3 is 0 Å². The van der Waals surface area contributed by atoms with Gasteiger partial charge in [0, 0.05) is 37.6 Å². The van der Waals surface area contributed by atoms with Crippen molar-refractivity contribution in [1.82, 2.24) is 20.0 Å². The van der Waals surface area contributed by atoms with Crippen molar-refractivity contribution < 1.29 is 9.59 Å². The predicted molar refractivity (Wildman–Crippen MR) is 138 cm³/mol. The fourth-order valence-electron chi connectivity index (χ4n) is 3.68. The number of carbonyl (C=O) groups is 2. The van der Waals surface area contributed by atoms with Gasteiger partial charge in [0.2, 0.25) is 16.9 Å². The average molecular weight is 497 g/mol. The highest BCUT2D eigenvalue weighted by molar-refractivity contribution is 8.01. The Kier molecular flexibility index (Phi) is 8.51. The van der Waals surface area contributed by atoms with E-state index in [0.29, 0.717) is 43.6 Å². The number of aromatic nitrogens is 2. The summed E-state index contributed by atoms with van der Waals surface area (Å²) in [6.07, 6.45) is 0.872. The Balaban J connectivity index is 1.18. The molecule has 0 bridgehead atoms. The van der Waals surface area contributed by atoms with Gasteiger partial charge in [0.15, 0.2) is 4.34 Å². The monoisotopic (exact) mass is 496 g/mol. The second-order valence-corrected chi connectivity index (χ2v) is 10.1. The molecule has 1 aromatic heterocycles. The first-order chi connectivity index (χ1) is 16.6. The van der Waals surface area contributed by atoms with Crippen molar-refractivity contribution in [2.45, 2.75) is 17.7 Å². The molecule has 2 N–H and O–H groups in total. The molecule has 1 fully saturated rings. The lowest BCUT2D eigenvalue weighted by atomic mass is 10.1. The number of anilines is 3. The molecular formula is C24H28N6O2S2. The Morgan fingerprint density at radius 2 is 1.74 bits per heavy atom. The van der Waals surface area contributed by atoms with Crippen LogP contribution < -0.4 is 10.6 Å². The van der Waals surface area contributed by atoms with Gasteiger partial charge in [0.05, 0.1) is 12.3 Å². The number of carbonyl (C=O) groups excluding carboxylic acids is 2. The summed E-state index contributed by atoms with van der Waals surface area (Å²) in [5, 5.41) is 15.2. The Morgan fingerprint density at radius 1 is 1.00 bits per heavy atom. The molecule has 0 saturated carbocycles. The molecule has 0 unspecified atom stereocenters. The number of aryl methyl sites for hydroxylation is 1. The Morgan fingerprint density at radius 3 is 2.50 bits per heavy atom. The van der Waals surface area contributed by atoms with Gasteiger partial charge in [-0.25, -0.2) is 0 Å². The number of piperazine rings is 1. The maximum absolute atomic E-state index is 12.7. The molecule has 0 radical (unpaired) electrons. The number of hydrogen-bond acceptors (Lipinski definition) is 8. The molecule has 2 amide bonds. The first kappa shape index (κ1) is 24.2. The maximum Gasteiger partial charge on any atom is 0.238 e. The summed E-state index contributed by atoms with van der Waals surface area (Å²) in [5.74, 6) is 0.389. The minimum Gasteiger partial charge on any atom is -0.339 e. The number of nitrogens with zero attached hydrogens (tertiary/aromatic N) is 4. The molecule has 10 heteroatoms. The molecule has 4 rings (SSSR count). The SMILES string of the molecule is CCc1ccccc1NC(=O)CN1CCN(C(=O)CSc2nnc(Nc3ccccc3)s2)CC1. The first-order valence-corrected chi connectivity index (χ1v) is 13.1. The fraction of sp³-hybridized carbons (Fsp3) is 0.333. The quantitative estimate of drug-likeness (QED) is 0.436. The van der Waals surface area contributed by atoms with Crippen molar-refractivity contribution >= 4 is 51.4 Å². The molecule has 0 atom stereocenters. The number of thioether (sulfide) groups is 1. The lowest BCUT2D eigenvalue weighted by molar-refractivity contribution is -0.130. The molecule has 0 aliphatic carbocycles. The normalized spacial score (nSPS) is 14.1. The first-order valence-electron chi connectivity index (χ1n) is 11.3. The van der Waals surface area contributed by atoms with Gasteiger partial charge in [-0.05, 0) is 30.2 Å². The van der Waals surface area contributed by atoms with Gasteiger partial charge in [-0.1, -0.05) is 66.4 Å². The van der Waals surface area contributed by atoms with E-state index in [-0.39, 0.29) is 11.8 Å². The van der Waals surface area contributed by atoms with Crippen LogP contribution in [0.5, 0.6) is 0 Å². The van der Waals surface area contributed by atoms with E-state index in [2.05, 4.69) is 32.7 Å². The standard InChI is InChI=1S/C24H28N6O2S2/c1-2-18-8-6-7-11-20(18)26-21(31)16-29-12-14-30(15-13-29)22(32)17-33-24-28-27-23(34-24)25-19-9-4-3-5-10-19/h3-11H,2,12-17H2,1H3,(H,25,27)(H,26,31). The number of hydrogen-bond donors (Lipinski definition) is 2. The van der Waals surface area contributed by atoms with Crippen LogP contribution in [-0.4, -0.2) is 70.3 Å². The van der Waals surface area contributed by atoms with Crippen molar-refractivity contribution in [2.24, 2.45) is 0 Å². The zero-order chi connectivity index (χ0) is 23.8. The van der Waals surface area contributed by atoms with E-state index in [1.165, 1.54) is 23.1 Å². The minimum atomic E-state index is -0.0209. The van der Waals surface area contributed by atoms with Gasteiger partial charge < -0.3 is 15.5 Å². The molecule has 1 saturated heterocycles. The Bertz CT molecular complexity index is 1100. The van der Waals surface area contributed by atoms with Crippen LogP contribution in [0.1, 0.15) is 12.5 Å². The van der Waals surface area contributed by atoms with Crippen LogP contribution in [-0.2, 0) is 16.0 Å². The summed E-state index contributed by atoms with van der Waals surface area (Å²) in [6.45, 7) is 5.01. The smallest absolute Gasteiger partial charge is 0.238 e. The molecule has 178 valence electrons. The van der Waals surface area contributed by atoms with Crippen molar-refractivity contribution in [3.05, 3.63) is 60.2 Å². The van der Waals surface area contributed by atoms with Crippen LogP contribution in [0.2, 0.25) is 0 Å². The van der Waals surface area contributed by atoms with Crippen LogP contribution in [0.25, 0.3) is 0 Å². The van der Waals surface area contributed by atoms with Crippen LogP contribution in [0.15, 0.2) is 58.9 Å². The fourth-order valence-corrected chi connectivity index (χ4v) is 5.35. The second kappa shape index (κ2) is 12.0. The highest BCUT2D eigenvalue weighted by Gasteiger charge is 2.23. The lowest BCUT2D eigenvalue weighted by Crippen LogP contribution is -2.50. The average Bonchev–Trinajstić information content (AvgIpc) is 3.31. The summed E-state index contributed by atoms with van der Waals surface area (Å²) in [4.78, 5) is 29.1. The van der Waals surface area contributed by atoms with Crippen molar-refractivity contribution in [2.75, 3.05) is 49.1 Å². The third-order valence-electron chi connectivity index (χ3n) is 5.52. The third kappa shape index (κ3) is 6.78. The van der Waals surface area contributed by atoms with E-state index < -0.39 is 0 Å². The molecule has 8 nitrogen and oxygen atoms in total. The van der Waals surface area contributed by atoms with Crippen LogP contribution in [0.3, 0.4) is 0 Å². The van der Waals surface area contributed by atoms with E-state index >= 15 is 0 Å². The summed E-state index contributed by atoms with van der Waals surface area (Å²) < 4.78 is 0.759. The molecular weight excluding hydrogens is 468 g/mol. The number of para-hydroxylation sites is 2. The molecule has 1 aliphatic rings. The zero-order valence-corrected chi connectivity index (χ0v) is 20.7. The van der Waals surface area contributed by atoms with Gasteiger partial charge in [-0.2, -0.15) is 0 Å². The molecule has 3 aromatic rings. The number of benzene rings is 2. The predicted octanol–water partition coefficient (Wildman–Crippen LogP) is 3.72. The van der Waals surface area contributed by atoms with E-state index in [4.69, 9.17) is 0 Å². The minimum absolute atomic E-state index is 0.0209. The Hall–Kier alpha value is -2.95. The maximum atomic E-state index is 12.7. The molecule has 2 heterocycles. The van der Waals surface area contributed by atoms with E-state index in [1.54, 1.807) is 0 Å². The van der Waals surface area contributed by atoms with E-state index in [0.717, 1.165) is 27.7 Å². The van der Waals surface area contributed by atoms with Crippen molar-refractivity contribution in [3.63, 3.8) is 0 Å². The van der Waals surface area contributed by atoms with Gasteiger partial charge in [0.1, 0.15) is 0 Å². The summed E-state index contributed by atoms with van der Waals surface area (Å²) in [5.41, 5.74) is 2.95. The lowest BCUT2D eigenvalue weighted by Gasteiger charge is -2.34. The number of rotatable bonds is 9. The van der Waals surface area contributed by atoms with Crippen molar-refractivity contribution in [3.8, 4) is 0 Å². The van der Waals surface area contributed by atoms with Gasteiger partial charge in [0.25, 0.3) is 0 Å². The summed E-state index contributed by atoms with van der Waals surface area (Å²) in [6, 6.07) is 17.7. The largest absolute Gasteiger partial charge is 0.339 e. The highest BCUT2D eigenvalue weighted by atomic mass is 32.2. The third-order valence-corrected chi connectivity index (χ3v) is 7.47. The summed E-state index contributed by atoms with van der Waals surface area (Å²) in [7, 11) is 0. The molecule has 2 aromatic carbocycles. The Labute approximate surface area is 207 Å². The van der Waals surface area contributed by atoms with E-state index in [1.807, 2.05) is 59.5 Å². The van der Waals surface area contributed by atoms with Crippen LogP contribution >= 0.6 is 23.1 Å². The topological polar surface area (TPSA) is 90.5 Å². The molecule has 0 spiro atoms. The number of amides is 2.